The lowest BCUT2D eigenvalue weighted by Crippen LogP contribution is -2.35. The van der Waals surface area contributed by atoms with Crippen LogP contribution in [-0.4, -0.2) is 43.8 Å². The third kappa shape index (κ3) is 5.25. The highest BCUT2D eigenvalue weighted by Gasteiger charge is 2.19. The van der Waals surface area contributed by atoms with Gasteiger partial charge in [0.2, 0.25) is 0 Å². The van der Waals surface area contributed by atoms with Crippen LogP contribution in [0.2, 0.25) is 0 Å². The van der Waals surface area contributed by atoms with Crippen LogP contribution in [0.1, 0.15) is 37.0 Å². The van der Waals surface area contributed by atoms with Gasteiger partial charge in [0.15, 0.2) is 6.10 Å². The van der Waals surface area contributed by atoms with E-state index in [2.05, 4.69) is 5.32 Å². The third-order valence-electron chi connectivity index (χ3n) is 3.55. The van der Waals surface area contributed by atoms with Gasteiger partial charge in [-0.05, 0) is 51.0 Å². The molecule has 0 aliphatic carbocycles. The molecule has 2 rings (SSSR count). The van der Waals surface area contributed by atoms with E-state index in [1.165, 1.54) is 0 Å². The molecule has 2 atom stereocenters. The SMILES string of the molecule is CCNC(=O)[C@@H](C)OC(=O)c1ccc(OC[C@H]2CCCO2)cc1. The van der Waals surface area contributed by atoms with E-state index in [-0.39, 0.29) is 12.0 Å². The van der Waals surface area contributed by atoms with Crippen molar-refractivity contribution in [1.82, 2.24) is 5.32 Å². The van der Waals surface area contributed by atoms with E-state index in [0.29, 0.717) is 24.5 Å². The van der Waals surface area contributed by atoms with E-state index in [9.17, 15) is 9.59 Å². The Balaban J connectivity index is 1.83. The normalized spacial score (nSPS) is 18.3. The number of likely N-dealkylation sites (N-methyl/N-ethyl adjacent to an activating group) is 1. The second-order valence-corrected chi connectivity index (χ2v) is 5.41. The Morgan fingerprint density at radius 2 is 2.09 bits per heavy atom. The summed E-state index contributed by atoms with van der Waals surface area (Å²) in [6.07, 6.45) is 1.42. The van der Waals surface area contributed by atoms with Gasteiger partial charge in [-0.25, -0.2) is 4.79 Å². The van der Waals surface area contributed by atoms with Crippen molar-refractivity contribution >= 4 is 11.9 Å². The highest BCUT2D eigenvalue weighted by atomic mass is 16.5. The lowest BCUT2D eigenvalue weighted by molar-refractivity contribution is -0.128. The van der Waals surface area contributed by atoms with Gasteiger partial charge in [0, 0.05) is 13.2 Å². The molecule has 0 radical (unpaired) electrons. The summed E-state index contributed by atoms with van der Waals surface area (Å²) in [6.45, 7) is 5.15. The summed E-state index contributed by atoms with van der Waals surface area (Å²) in [5, 5.41) is 2.61. The number of hydrogen-bond donors (Lipinski definition) is 1. The molecule has 0 saturated carbocycles. The molecule has 0 spiro atoms. The minimum atomic E-state index is -0.821. The maximum Gasteiger partial charge on any atom is 0.338 e. The lowest BCUT2D eigenvalue weighted by Gasteiger charge is -2.13. The van der Waals surface area contributed by atoms with Crippen molar-refractivity contribution in [3.05, 3.63) is 29.8 Å². The van der Waals surface area contributed by atoms with Crippen molar-refractivity contribution in [2.75, 3.05) is 19.8 Å². The fourth-order valence-electron chi connectivity index (χ4n) is 2.25. The summed E-state index contributed by atoms with van der Waals surface area (Å²) >= 11 is 0. The Kier molecular flexibility index (Phi) is 6.40. The molecule has 1 heterocycles. The van der Waals surface area contributed by atoms with Crippen molar-refractivity contribution in [2.24, 2.45) is 0 Å². The van der Waals surface area contributed by atoms with Gasteiger partial charge in [-0.3, -0.25) is 4.79 Å². The zero-order chi connectivity index (χ0) is 16.7. The zero-order valence-electron chi connectivity index (χ0n) is 13.5. The molecule has 1 aliphatic rings. The second kappa shape index (κ2) is 8.53. The third-order valence-corrected chi connectivity index (χ3v) is 3.55. The molecular formula is C17H23NO5. The van der Waals surface area contributed by atoms with Crippen molar-refractivity contribution in [3.8, 4) is 5.75 Å². The number of carbonyl (C=O) groups excluding carboxylic acids is 2. The van der Waals surface area contributed by atoms with Gasteiger partial charge < -0.3 is 19.5 Å². The number of nitrogens with one attached hydrogen (secondary N) is 1. The zero-order valence-corrected chi connectivity index (χ0v) is 13.5. The average molecular weight is 321 g/mol. The molecule has 1 fully saturated rings. The van der Waals surface area contributed by atoms with E-state index in [0.717, 1.165) is 19.4 Å². The summed E-state index contributed by atoms with van der Waals surface area (Å²) in [5.74, 6) is -0.166. The van der Waals surface area contributed by atoms with Gasteiger partial charge in [-0.1, -0.05) is 0 Å². The van der Waals surface area contributed by atoms with Crippen LogP contribution in [-0.2, 0) is 14.3 Å². The molecule has 126 valence electrons. The summed E-state index contributed by atoms with van der Waals surface area (Å²) in [6, 6.07) is 6.67. The van der Waals surface area contributed by atoms with Crippen LogP contribution in [0, 0.1) is 0 Å². The van der Waals surface area contributed by atoms with Crippen molar-refractivity contribution in [3.63, 3.8) is 0 Å². The number of hydrogen-bond acceptors (Lipinski definition) is 5. The predicted molar refractivity (Wildman–Crippen MR) is 84.5 cm³/mol. The van der Waals surface area contributed by atoms with E-state index >= 15 is 0 Å². The first-order chi connectivity index (χ1) is 11.1. The fraction of sp³-hybridized carbons (Fsp3) is 0.529. The Morgan fingerprint density at radius 1 is 1.35 bits per heavy atom. The molecule has 0 bridgehead atoms. The van der Waals surface area contributed by atoms with E-state index in [1.54, 1.807) is 31.2 Å². The highest BCUT2D eigenvalue weighted by Crippen LogP contribution is 2.17. The molecule has 1 saturated heterocycles. The smallest absolute Gasteiger partial charge is 0.338 e. The van der Waals surface area contributed by atoms with Crippen LogP contribution >= 0.6 is 0 Å². The Morgan fingerprint density at radius 3 is 2.70 bits per heavy atom. The number of ether oxygens (including phenoxy) is 3. The summed E-state index contributed by atoms with van der Waals surface area (Å²) < 4.78 is 16.2. The predicted octanol–water partition coefficient (Wildman–Crippen LogP) is 1.93. The quantitative estimate of drug-likeness (QED) is 0.777. The van der Waals surface area contributed by atoms with Crippen molar-refractivity contribution in [2.45, 2.75) is 38.9 Å². The maximum absolute atomic E-state index is 12.0. The molecule has 23 heavy (non-hydrogen) atoms. The monoisotopic (exact) mass is 321 g/mol. The minimum absolute atomic E-state index is 0.151. The summed E-state index contributed by atoms with van der Waals surface area (Å²) in [5.41, 5.74) is 0.380. The summed E-state index contributed by atoms with van der Waals surface area (Å²) in [7, 11) is 0. The van der Waals surface area contributed by atoms with Crippen LogP contribution < -0.4 is 10.1 Å². The van der Waals surface area contributed by atoms with Gasteiger partial charge in [0.1, 0.15) is 12.4 Å². The number of carbonyl (C=O) groups is 2. The molecule has 6 nitrogen and oxygen atoms in total. The molecule has 1 N–H and O–H groups in total. The van der Waals surface area contributed by atoms with Crippen LogP contribution in [0.25, 0.3) is 0 Å². The van der Waals surface area contributed by atoms with Gasteiger partial charge in [-0.15, -0.1) is 0 Å². The first-order valence-corrected chi connectivity index (χ1v) is 7.93. The number of benzene rings is 1. The molecule has 6 heteroatoms. The average Bonchev–Trinajstić information content (AvgIpc) is 3.07. The van der Waals surface area contributed by atoms with Gasteiger partial charge >= 0.3 is 5.97 Å². The molecular weight excluding hydrogens is 298 g/mol. The number of esters is 1. The van der Waals surface area contributed by atoms with Crippen LogP contribution in [0.3, 0.4) is 0 Å². The summed E-state index contributed by atoms with van der Waals surface area (Å²) in [4.78, 5) is 23.5. The van der Waals surface area contributed by atoms with Gasteiger partial charge in [0.05, 0.1) is 11.7 Å². The molecule has 0 unspecified atom stereocenters. The first kappa shape index (κ1) is 17.3. The highest BCUT2D eigenvalue weighted by molar-refractivity contribution is 5.92. The van der Waals surface area contributed by atoms with E-state index in [1.807, 2.05) is 6.92 Å². The molecule has 1 aliphatic heterocycles. The lowest BCUT2D eigenvalue weighted by atomic mass is 10.2. The van der Waals surface area contributed by atoms with Crippen LogP contribution in [0.15, 0.2) is 24.3 Å². The molecule has 1 aromatic carbocycles. The Hall–Kier alpha value is -2.08. The number of rotatable bonds is 7. The van der Waals surface area contributed by atoms with E-state index in [4.69, 9.17) is 14.2 Å². The van der Waals surface area contributed by atoms with Crippen LogP contribution in [0.5, 0.6) is 5.75 Å². The van der Waals surface area contributed by atoms with Crippen molar-refractivity contribution < 1.29 is 23.8 Å². The molecule has 1 amide bonds. The minimum Gasteiger partial charge on any atom is -0.491 e. The second-order valence-electron chi connectivity index (χ2n) is 5.41. The van der Waals surface area contributed by atoms with Crippen LogP contribution in [0.4, 0.5) is 0 Å². The fourth-order valence-corrected chi connectivity index (χ4v) is 2.25. The topological polar surface area (TPSA) is 73.9 Å². The first-order valence-electron chi connectivity index (χ1n) is 7.93. The van der Waals surface area contributed by atoms with Crippen molar-refractivity contribution in [1.29, 1.82) is 0 Å². The largest absolute Gasteiger partial charge is 0.491 e. The van der Waals surface area contributed by atoms with Gasteiger partial charge in [0.25, 0.3) is 5.91 Å². The Bertz CT molecular complexity index is 522. The maximum atomic E-state index is 12.0. The standard InChI is InChI=1S/C17H23NO5/c1-3-18-16(19)12(2)23-17(20)13-6-8-14(9-7-13)22-11-15-5-4-10-21-15/h6-9,12,15H,3-5,10-11H2,1-2H3,(H,18,19)/t12-,15-/m1/s1. The Labute approximate surface area is 136 Å². The molecule has 0 aromatic heterocycles. The van der Waals surface area contributed by atoms with Gasteiger partial charge in [-0.2, -0.15) is 0 Å². The molecule has 1 aromatic rings. The van der Waals surface area contributed by atoms with E-state index < -0.39 is 12.1 Å². The number of amides is 1.